The van der Waals surface area contributed by atoms with Gasteiger partial charge in [0, 0.05) is 0 Å². The van der Waals surface area contributed by atoms with Gasteiger partial charge in [0.2, 0.25) is 0 Å². The first-order valence-electron chi connectivity index (χ1n) is 7.24. The second-order valence-corrected chi connectivity index (χ2v) is 5.23. The maximum Gasteiger partial charge on any atom is 0.338 e. The van der Waals surface area contributed by atoms with Crippen molar-refractivity contribution in [2.45, 2.75) is 50.7 Å². The third-order valence-electron chi connectivity index (χ3n) is 3.73. The number of methoxy groups -OCH3 is 1. The number of benzene rings is 1. The summed E-state index contributed by atoms with van der Waals surface area (Å²) in [5.74, 6) is 0.228. The van der Waals surface area contributed by atoms with E-state index < -0.39 is 18.2 Å². The first-order valence-corrected chi connectivity index (χ1v) is 7.24. The third kappa shape index (κ3) is 3.97. The van der Waals surface area contributed by atoms with Gasteiger partial charge in [-0.1, -0.05) is 25.3 Å². The van der Waals surface area contributed by atoms with Crippen LogP contribution in [0.4, 0.5) is 0 Å². The lowest BCUT2D eigenvalue weighted by Gasteiger charge is -2.25. The Labute approximate surface area is 119 Å². The van der Waals surface area contributed by atoms with Gasteiger partial charge in [0.25, 0.3) is 0 Å². The van der Waals surface area contributed by atoms with Crippen LogP contribution < -0.4 is 4.74 Å². The molecular formula is C16H22O4. The normalized spacial score (nSPS) is 23.5. The number of carbonyl (C=O) groups is 1. The summed E-state index contributed by atoms with van der Waals surface area (Å²) in [5.41, 5.74) is 0.457. The van der Waals surface area contributed by atoms with E-state index in [2.05, 4.69) is 0 Å². The molecule has 4 heteroatoms. The zero-order valence-electron chi connectivity index (χ0n) is 11.9. The molecule has 0 bridgehead atoms. The Kier molecular flexibility index (Phi) is 5.41. The van der Waals surface area contributed by atoms with Crippen molar-refractivity contribution in [3.63, 3.8) is 0 Å². The Balaban J connectivity index is 2.01. The van der Waals surface area contributed by atoms with Crippen LogP contribution in [0.5, 0.6) is 5.75 Å². The number of rotatable bonds is 3. The van der Waals surface area contributed by atoms with Crippen molar-refractivity contribution in [1.29, 1.82) is 0 Å². The molecule has 0 heterocycles. The van der Waals surface area contributed by atoms with Gasteiger partial charge >= 0.3 is 5.97 Å². The Morgan fingerprint density at radius 1 is 1.20 bits per heavy atom. The monoisotopic (exact) mass is 278 g/mol. The maximum absolute atomic E-state index is 12.1. The number of ether oxygens (including phenoxy) is 2. The second-order valence-electron chi connectivity index (χ2n) is 5.23. The minimum absolute atomic E-state index is 0.394. The summed E-state index contributed by atoms with van der Waals surface area (Å²) in [5, 5.41) is 10.1. The molecule has 1 N–H and O–H groups in total. The van der Waals surface area contributed by atoms with Crippen molar-refractivity contribution >= 4 is 5.97 Å². The molecule has 1 aromatic carbocycles. The van der Waals surface area contributed by atoms with Crippen molar-refractivity contribution in [2.24, 2.45) is 0 Å². The molecule has 0 aromatic heterocycles. The average molecular weight is 278 g/mol. The molecular weight excluding hydrogens is 256 g/mol. The predicted octanol–water partition coefficient (Wildman–Crippen LogP) is 2.94. The van der Waals surface area contributed by atoms with E-state index in [1.165, 1.54) is 0 Å². The number of hydrogen-bond acceptors (Lipinski definition) is 4. The number of aliphatic hydroxyl groups is 1. The molecule has 0 spiro atoms. The molecule has 1 aliphatic rings. The Morgan fingerprint density at radius 3 is 2.70 bits per heavy atom. The van der Waals surface area contributed by atoms with Crippen LogP contribution in [0.15, 0.2) is 24.3 Å². The van der Waals surface area contributed by atoms with Crippen LogP contribution in [0.1, 0.15) is 48.9 Å². The van der Waals surface area contributed by atoms with Gasteiger partial charge < -0.3 is 14.6 Å². The number of hydrogen-bond donors (Lipinski definition) is 1. The zero-order chi connectivity index (χ0) is 14.4. The van der Waals surface area contributed by atoms with Gasteiger partial charge in [-0.2, -0.15) is 0 Å². The molecule has 0 aliphatic heterocycles. The Morgan fingerprint density at radius 2 is 1.95 bits per heavy atom. The first-order chi connectivity index (χ1) is 9.70. The smallest absolute Gasteiger partial charge is 0.338 e. The summed E-state index contributed by atoms with van der Waals surface area (Å²) < 4.78 is 10.6. The molecule has 0 saturated heterocycles. The van der Waals surface area contributed by atoms with Crippen molar-refractivity contribution < 1.29 is 19.4 Å². The lowest BCUT2D eigenvalue weighted by molar-refractivity contribution is -0.0282. The Bertz CT molecular complexity index is 444. The fourth-order valence-electron chi connectivity index (χ4n) is 2.52. The Hall–Kier alpha value is -1.55. The number of aliphatic hydroxyl groups excluding tert-OH is 1. The molecule has 2 rings (SSSR count). The lowest BCUT2D eigenvalue weighted by atomic mass is 9.96. The predicted molar refractivity (Wildman–Crippen MR) is 75.9 cm³/mol. The molecule has 0 unspecified atom stereocenters. The van der Waals surface area contributed by atoms with Crippen LogP contribution in [0.25, 0.3) is 0 Å². The minimum atomic E-state index is -0.551. The van der Waals surface area contributed by atoms with Crippen molar-refractivity contribution in [3.05, 3.63) is 29.8 Å². The van der Waals surface area contributed by atoms with Crippen LogP contribution in [0, 0.1) is 0 Å². The lowest BCUT2D eigenvalue weighted by Crippen LogP contribution is -2.32. The van der Waals surface area contributed by atoms with Crippen LogP contribution in [0.3, 0.4) is 0 Å². The molecule has 1 saturated carbocycles. The van der Waals surface area contributed by atoms with Gasteiger partial charge in [0.15, 0.2) is 0 Å². The number of esters is 1. The second kappa shape index (κ2) is 7.29. The van der Waals surface area contributed by atoms with Gasteiger partial charge in [-0.3, -0.25) is 0 Å². The van der Waals surface area contributed by atoms with Crippen LogP contribution >= 0.6 is 0 Å². The molecule has 2 atom stereocenters. The summed E-state index contributed by atoms with van der Waals surface area (Å²) >= 11 is 0. The van der Waals surface area contributed by atoms with E-state index in [0.717, 1.165) is 32.1 Å². The van der Waals surface area contributed by atoms with Gasteiger partial charge in [-0.25, -0.2) is 4.79 Å². The van der Waals surface area contributed by atoms with Gasteiger partial charge in [0.05, 0.1) is 18.8 Å². The van der Waals surface area contributed by atoms with E-state index >= 15 is 0 Å². The SMILES string of the molecule is COc1cccc(C(=O)O[C@H]2CCCCCC[C@H]2O)c1. The average Bonchev–Trinajstić information content (AvgIpc) is 2.47. The topological polar surface area (TPSA) is 55.8 Å². The van der Waals surface area contributed by atoms with E-state index in [1.807, 2.05) is 0 Å². The van der Waals surface area contributed by atoms with E-state index in [-0.39, 0.29) is 0 Å². The highest BCUT2D eigenvalue weighted by Gasteiger charge is 2.24. The van der Waals surface area contributed by atoms with Gasteiger partial charge in [0.1, 0.15) is 11.9 Å². The van der Waals surface area contributed by atoms with Crippen LogP contribution in [-0.2, 0) is 4.74 Å². The summed E-state index contributed by atoms with van der Waals surface area (Å²) in [6, 6.07) is 6.88. The van der Waals surface area contributed by atoms with Gasteiger partial charge in [-0.15, -0.1) is 0 Å². The molecule has 1 aromatic rings. The number of carbonyl (C=O) groups excluding carboxylic acids is 1. The fourth-order valence-corrected chi connectivity index (χ4v) is 2.52. The highest BCUT2D eigenvalue weighted by atomic mass is 16.6. The van der Waals surface area contributed by atoms with E-state index in [0.29, 0.717) is 17.7 Å². The molecule has 1 aliphatic carbocycles. The minimum Gasteiger partial charge on any atom is -0.497 e. The van der Waals surface area contributed by atoms with Gasteiger partial charge in [-0.05, 0) is 37.5 Å². The third-order valence-corrected chi connectivity index (χ3v) is 3.73. The molecule has 1 fully saturated rings. The largest absolute Gasteiger partial charge is 0.497 e. The summed E-state index contributed by atoms with van der Waals surface area (Å²) in [4.78, 5) is 12.1. The zero-order valence-corrected chi connectivity index (χ0v) is 11.9. The quantitative estimate of drug-likeness (QED) is 0.864. The van der Waals surface area contributed by atoms with Crippen LogP contribution in [-0.4, -0.2) is 30.4 Å². The first kappa shape index (κ1) is 14.9. The highest BCUT2D eigenvalue weighted by Crippen LogP contribution is 2.22. The van der Waals surface area contributed by atoms with Crippen LogP contribution in [0.2, 0.25) is 0 Å². The summed E-state index contributed by atoms with van der Waals surface area (Å²) in [6.45, 7) is 0. The van der Waals surface area contributed by atoms with Crippen molar-refractivity contribution in [1.82, 2.24) is 0 Å². The highest BCUT2D eigenvalue weighted by molar-refractivity contribution is 5.90. The molecule has 20 heavy (non-hydrogen) atoms. The van der Waals surface area contributed by atoms with E-state index in [9.17, 15) is 9.90 Å². The standard InChI is InChI=1S/C16H22O4/c1-19-13-8-6-7-12(11-13)16(18)20-15-10-5-3-2-4-9-14(15)17/h6-8,11,14-15,17H,2-5,9-10H2,1H3/t14-,15+/m1/s1. The van der Waals surface area contributed by atoms with E-state index in [4.69, 9.17) is 9.47 Å². The molecule has 0 amide bonds. The van der Waals surface area contributed by atoms with Crippen molar-refractivity contribution in [3.8, 4) is 5.75 Å². The molecule has 4 nitrogen and oxygen atoms in total. The fraction of sp³-hybridized carbons (Fsp3) is 0.562. The summed E-state index contributed by atoms with van der Waals surface area (Å²) in [7, 11) is 1.56. The maximum atomic E-state index is 12.1. The van der Waals surface area contributed by atoms with Crippen molar-refractivity contribution in [2.75, 3.05) is 7.11 Å². The molecule has 0 radical (unpaired) electrons. The summed E-state index contributed by atoms with van der Waals surface area (Å²) in [6.07, 6.45) is 4.76. The van der Waals surface area contributed by atoms with E-state index in [1.54, 1.807) is 31.4 Å². The molecule has 110 valence electrons.